The molecule has 0 saturated heterocycles. The average Bonchev–Trinajstić information content (AvgIpc) is 2.58. The number of carbonyl (C=O) groups excluding carboxylic acids is 2. The van der Waals surface area contributed by atoms with Gasteiger partial charge in [0.25, 0.3) is 0 Å². The number of ether oxygens (including phenoxy) is 1. The SMILES string of the molecule is COC(=O)CCN(C(=O)Nc1ccc(Cl)cc1)C1CCCCCCC1. The van der Waals surface area contributed by atoms with Crippen molar-refractivity contribution in [2.45, 2.75) is 57.4 Å². The lowest BCUT2D eigenvalue weighted by molar-refractivity contribution is -0.140. The minimum absolute atomic E-state index is 0.164. The smallest absolute Gasteiger partial charge is 0.322 e. The van der Waals surface area contributed by atoms with Crippen molar-refractivity contribution >= 4 is 29.3 Å². The first kappa shape index (κ1) is 19.6. The van der Waals surface area contributed by atoms with E-state index >= 15 is 0 Å². The van der Waals surface area contributed by atoms with Crippen LogP contribution < -0.4 is 5.32 Å². The highest BCUT2D eigenvalue weighted by Gasteiger charge is 2.25. The number of amides is 2. The van der Waals surface area contributed by atoms with Crippen molar-refractivity contribution in [1.29, 1.82) is 0 Å². The quantitative estimate of drug-likeness (QED) is 0.758. The van der Waals surface area contributed by atoms with Crippen molar-refractivity contribution in [2.75, 3.05) is 19.0 Å². The van der Waals surface area contributed by atoms with Crippen molar-refractivity contribution < 1.29 is 14.3 Å². The van der Waals surface area contributed by atoms with E-state index in [1.54, 1.807) is 29.2 Å². The summed E-state index contributed by atoms with van der Waals surface area (Å²) in [4.78, 5) is 26.2. The van der Waals surface area contributed by atoms with E-state index in [2.05, 4.69) is 5.32 Å². The maximum atomic E-state index is 12.8. The van der Waals surface area contributed by atoms with E-state index in [1.165, 1.54) is 26.4 Å². The van der Waals surface area contributed by atoms with Gasteiger partial charge in [-0.15, -0.1) is 0 Å². The number of nitrogens with one attached hydrogen (secondary N) is 1. The maximum absolute atomic E-state index is 12.8. The molecule has 2 rings (SSSR count). The second-order valence-corrected chi connectivity index (χ2v) is 6.89. The first-order valence-corrected chi connectivity index (χ1v) is 9.38. The van der Waals surface area contributed by atoms with Crippen LogP contribution in [0.2, 0.25) is 5.02 Å². The molecule has 0 heterocycles. The second kappa shape index (κ2) is 10.3. The number of halogens is 1. The Morgan fingerprint density at radius 1 is 1.12 bits per heavy atom. The summed E-state index contributed by atoms with van der Waals surface area (Å²) in [5, 5.41) is 3.55. The number of rotatable bonds is 5. The molecule has 1 N–H and O–H groups in total. The lowest BCUT2D eigenvalue weighted by Gasteiger charge is -2.33. The van der Waals surface area contributed by atoms with Gasteiger partial charge in [-0.3, -0.25) is 4.79 Å². The number of benzene rings is 1. The van der Waals surface area contributed by atoms with Crippen molar-refractivity contribution in [2.24, 2.45) is 0 Å². The van der Waals surface area contributed by atoms with E-state index < -0.39 is 0 Å². The molecule has 0 unspecified atom stereocenters. The summed E-state index contributed by atoms with van der Waals surface area (Å²) in [6.45, 7) is 0.372. The van der Waals surface area contributed by atoms with Gasteiger partial charge >= 0.3 is 12.0 Å². The van der Waals surface area contributed by atoms with E-state index in [-0.39, 0.29) is 24.5 Å². The van der Waals surface area contributed by atoms with Crippen LogP contribution >= 0.6 is 11.6 Å². The fraction of sp³-hybridized carbons (Fsp3) is 0.579. The molecule has 2 amide bonds. The first-order chi connectivity index (χ1) is 12.1. The van der Waals surface area contributed by atoms with Gasteiger partial charge in [0.15, 0.2) is 0 Å². The number of nitrogens with zero attached hydrogens (tertiary/aromatic N) is 1. The molecule has 0 atom stereocenters. The van der Waals surface area contributed by atoms with Crippen molar-refractivity contribution in [3.8, 4) is 0 Å². The summed E-state index contributed by atoms with van der Waals surface area (Å²) in [5.41, 5.74) is 0.698. The van der Waals surface area contributed by atoms with Crippen molar-refractivity contribution in [3.05, 3.63) is 29.3 Å². The Bertz CT molecular complexity index is 554. The molecule has 0 aromatic heterocycles. The van der Waals surface area contributed by atoms with Crippen LogP contribution in [0.25, 0.3) is 0 Å². The third kappa shape index (κ3) is 6.58. The van der Waals surface area contributed by atoms with Gasteiger partial charge in [0.2, 0.25) is 0 Å². The Morgan fingerprint density at radius 2 is 1.72 bits per heavy atom. The molecule has 0 spiro atoms. The van der Waals surface area contributed by atoms with Gasteiger partial charge in [-0.1, -0.05) is 43.7 Å². The topological polar surface area (TPSA) is 58.6 Å². The molecule has 1 aromatic rings. The molecule has 1 saturated carbocycles. The molecule has 6 heteroatoms. The number of hydrogen-bond acceptors (Lipinski definition) is 3. The number of methoxy groups -OCH3 is 1. The van der Waals surface area contributed by atoms with Crippen LogP contribution in [0.15, 0.2) is 24.3 Å². The lowest BCUT2D eigenvalue weighted by atomic mass is 9.95. The van der Waals surface area contributed by atoms with E-state index in [4.69, 9.17) is 16.3 Å². The number of carbonyl (C=O) groups is 2. The summed E-state index contributed by atoms with van der Waals surface area (Å²) in [7, 11) is 1.37. The first-order valence-electron chi connectivity index (χ1n) is 9.00. The summed E-state index contributed by atoms with van der Waals surface area (Å²) in [5.74, 6) is -0.296. The average molecular weight is 367 g/mol. The summed E-state index contributed by atoms with van der Waals surface area (Å²) in [6, 6.07) is 7.03. The van der Waals surface area contributed by atoms with E-state index in [1.807, 2.05) is 0 Å². The summed E-state index contributed by atoms with van der Waals surface area (Å²) in [6.07, 6.45) is 8.10. The van der Waals surface area contributed by atoms with Gasteiger partial charge in [0, 0.05) is 23.3 Å². The highest BCUT2D eigenvalue weighted by atomic mass is 35.5. The van der Waals surface area contributed by atoms with Crippen LogP contribution in [0.1, 0.15) is 51.4 Å². The van der Waals surface area contributed by atoms with Crippen LogP contribution in [0, 0.1) is 0 Å². The van der Waals surface area contributed by atoms with Crippen LogP contribution in [0.4, 0.5) is 10.5 Å². The number of anilines is 1. The molecule has 25 heavy (non-hydrogen) atoms. The minimum atomic E-state index is -0.296. The van der Waals surface area contributed by atoms with E-state index in [0.29, 0.717) is 17.3 Å². The Balaban J connectivity index is 2.06. The van der Waals surface area contributed by atoms with Crippen LogP contribution in [-0.4, -0.2) is 36.6 Å². The highest BCUT2D eigenvalue weighted by Crippen LogP contribution is 2.23. The second-order valence-electron chi connectivity index (χ2n) is 6.46. The molecule has 1 aliphatic rings. The van der Waals surface area contributed by atoms with Gasteiger partial charge in [0.05, 0.1) is 13.5 Å². The summed E-state index contributed by atoms with van der Waals surface area (Å²) >= 11 is 5.89. The van der Waals surface area contributed by atoms with Crippen LogP contribution in [0.5, 0.6) is 0 Å². The Labute approximate surface area is 154 Å². The summed E-state index contributed by atoms with van der Waals surface area (Å²) < 4.78 is 4.73. The number of esters is 1. The third-order valence-corrected chi connectivity index (χ3v) is 4.91. The largest absolute Gasteiger partial charge is 0.469 e. The van der Waals surface area contributed by atoms with Gasteiger partial charge in [-0.25, -0.2) is 4.79 Å². The zero-order chi connectivity index (χ0) is 18.1. The normalized spacial score (nSPS) is 15.8. The molecular weight excluding hydrogens is 340 g/mol. The Morgan fingerprint density at radius 3 is 2.32 bits per heavy atom. The fourth-order valence-corrected chi connectivity index (χ4v) is 3.36. The standard InChI is InChI=1S/C19H27ClN2O3/c1-25-18(23)13-14-22(17-7-5-3-2-4-6-8-17)19(24)21-16-11-9-15(20)10-12-16/h9-12,17H,2-8,13-14H2,1H3,(H,21,24). The van der Waals surface area contributed by atoms with Gasteiger partial charge < -0.3 is 15.0 Å². The highest BCUT2D eigenvalue weighted by molar-refractivity contribution is 6.30. The third-order valence-electron chi connectivity index (χ3n) is 4.66. The number of hydrogen-bond donors (Lipinski definition) is 1. The molecular formula is C19H27ClN2O3. The van der Waals surface area contributed by atoms with Gasteiger partial charge in [-0.05, 0) is 37.1 Å². The predicted octanol–water partition coefficient (Wildman–Crippen LogP) is 4.85. The molecule has 1 fully saturated rings. The monoisotopic (exact) mass is 366 g/mol. The molecule has 1 aromatic carbocycles. The zero-order valence-electron chi connectivity index (χ0n) is 14.8. The Kier molecular flexibility index (Phi) is 8.06. The van der Waals surface area contributed by atoms with Crippen molar-refractivity contribution in [1.82, 2.24) is 4.90 Å². The lowest BCUT2D eigenvalue weighted by Crippen LogP contribution is -2.44. The number of urea groups is 1. The Hall–Kier alpha value is -1.75. The minimum Gasteiger partial charge on any atom is -0.469 e. The van der Waals surface area contributed by atoms with Crippen LogP contribution in [0.3, 0.4) is 0 Å². The molecule has 5 nitrogen and oxygen atoms in total. The van der Waals surface area contributed by atoms with E-state index in [0.717, 1.165) is 25.7 Å². The molecule has 0 radical (unpaired) electrons. The fourth-order valence-electron chi connectivity index (χ4n) is 3.24. The molecule has 0 aliphatic heterocycles. The van der Waals surface area contributed by atoms with Gasteiger partial charge in [-0.2, -0.15) is 0 Å². The zero-order valence-corrected chi connectivity index (χ0v) is 15.6. The van der Waals surface area contributed by atoms with Gasteiger partial charge in [0.1, 0.15) is 0 Å². The maximum Gasteiger partial charge on any atom is 0.322 e. The predicted molar refractivity (Wildman–Crippen MR) is 99.9 cm³/mol. The molecule has 138 valence electrons. The van der Waals surface area contributed by atoms with E-state index in [9.17, 15) is 9.59 Å². The van der Waals surface area contributed by atoms with Crippen LogP contribution in [-0.2, 0) is 9.53 Å². The molecule has 0 bridgehead atoms. The van der Waals surface area contributed by atoms with Crippen molar-refractivity contribution in [3.63, 3.8) is 0 Å². The molecule has 1 aliphatic carbocycles.